The van der Waals surface area contributed by atoms with Crippen LogP contribution in [0.15, 0.2) is 0 Å². The lowest BCUT2D eigenvalue weighted by molar-refractivity contribution is -0.141. The number of carbonyl (C=O) groups excluding carboxylic acids is 1. The Labute approximate surface area is 145 Å². The van der Waals surface area contributed by atoms with Gasteiger partial charge in [0.2, 0.25) is 0 Å². The molecule has 23 heavy (non-hydrogen) atoms. The van der Waals surface area contributed by atoms with Gasteiger partial charge in [0.25, 0.3) is 0 Å². The van der Waals surface area contributed by atoms with Crippen LogP contribution in [0.25, 0.3) is 0 Å². The average molecular weight is 327 g/mol. The maximum atomic E-state index is 11.1. The van der Waals surface area contributed by atoms with Crippen LogP contribution in [-0.2, 0) is 9.53 Å². The molecule has 0 amide bonds. The standard InChI is InChI=1S/C21H42O2/c1-4-5-6-7-8-9-10-11-12-13-14-15-16-17-18-20(2)19-21(22)23-3/h20H,4-19H2,1-3H3. The largest absolute Gasteiger partial charge is 0.469 e. The topological polar surface area (TPSA) is 26.3 Å². The Balaban J connectivity index is 3.12. The van der Waals surface area contributed by atoms with Gasteiger partial charge < -0.3 is 4.74 Å². The van der Waals surface area contributed by atoms with Crippen LogP contribution in [0.3, 0.4) is 0 Å². The van der Waals surface area contributed by atoms with Gasteiger partial charge in [-0.15, -0.1) is 0 Å². The SMILES string of the molecule is CCCCCCCCCCCCCCCCC(C)CC(=O)OC. The quantitative estimate of drug-likeness (QED) is 0.211. The van der Waals surface area contributed by atoms with Gasteiger partial charge in [-0.1, -0.05) is 110 Å². The Hall–Kier alpha value is -0.530. The van der Waals surface area contributed by atoms with Crippen molar-refractivity contribution in [2.45, 2.75) is 117 Å². The number of rotatable bonds is 17. The summed E-state index contributed by atoms with van der Waals surface area (Å²) >= 11 is 0. The second kappa shape index (κ2) is 17.8. The molecule has 0 bridgehead atoms. The molecule has 0 rings (SSSR count). The third-order valence-electron chi connectivity index (χ3n) is 4.79. The van der Waals surface area contributed by atoms with E-state index in [1.165, 1.54) is 97.0 Å². The lowest BCUT2D eigenvalue weighted by atomic mass is 9.99. The van der Waals surface area contributed by atoms with Gasteiger partial charge in [-0.05, 0) is 5.92 Å². The molecule has 1 atom stereocenters. The summed E-state index contributed by atoms with van der Waals surface area (Å²) in [5.41, 5.74) is 0. The molecule has 0 saturated carbocycles. The van der Waals surface area contributed by atoms with Crippen molar-refractivity contribution in [2.75, 3.05) is 7.11 Å². The van der Waals surface area contributed by atoms with Gasteiger partial charge in [0.15, 0.2) is 0 Å². The number of unbranched alkanes of at least 4 members (excludes halogenated alkanes) is 13. The summed E-state index contributed by atoms with van der Waals surface area (Å²) in [6, 6.07) is 0. The van der Waals surface area contributed by atoms with Crippen LogP contribution < -0.4 is 0 Å². The lowest BCUT2D eigenvalue weighted by Gasteiger charge is -2.09. The molecule has 0 aliphatic rings. The number of hydrogen-bond acceptors (Lipinski definition) is 2. The Bertz CT molecular complexity index is 250. The highest BCUT2D eigenvalue weighted by Crippen LogP contribution is 2.16. The zero-order chi connectivity index (χ0) is 17.2. The Kier molecular flexibility index (Phi) is 17.4. The second-order valence-corrected chi connectivity index (χ2v) is 7.27. The van der Waals surface area contributed by atoms with Crippen LogP contribution >= 0.6 is 0 Å². The third kappa shape index (κ3) is 17.7. The maximum absolute atomic E-state index is 11.1. The minimum absolute atomic E-state index is 0.0668. The van der Waals surface area contributed by atoms with Crippen LogP contribution in [0, 0.1) is 5.92 Å². The molecule has 0 heterocycles. The first-order chi connectivity index (χ1) is 11.2. The highest BCUT2D eigenvalue weighted by Gasteiger charge is 2.08. The summed E-state index contributed by atoms with van der Waals surface area (Å²) in [4.78, 5) is 11.1. The monoisotopic (exact) mass is 326 g/mol. The Morgan fingerprint density at radius 1 is 0.739 bits per heavy atom. The Morgan fingerprint density at radius 3 is 1.52 bits per heavy atom. The maximum Gasteiger partial charge on any atom is 0.305 e. The normalized spacial score (nSPS) is 12.3. The molecule has 0 fully saturated rings. The fourth-order valence-corrected chi connectivity index (χ4v) is 3.16. The van der Waals surface area contributed by atoms with Gasteiger partial charge in [-0.2, -0.15) is 0 Å². The van der Waals surface area contributed by atoms with Crippen molar-refractivity contribution < 1.29 is 9.53 Å². The van der Waals surface area contributed by atoms with E-state index in [0.717, 1.165) is 6.42 Å². The molecule has 0 spiro atoms. The van der Waals surface area contributed by atoms with Gasteiger partial charge in [0.1, 0.15) is 0 Å². The molecule has 0 aliphatic heterocycles. The molecule has 0 aromatic carbocycles. The van der Waals surface area contributed by atoms with Crippen molar-refractivity contribution in [1.82, 2.24) is 0 Å². The predicted molar refractivity (Wildman–Crippen MR) is 101 cm³/mol. The van der Waals surface area contributed by atoms with Gasteiger partial charge in [-0.3, -0.25) is 4.79 Å². The summed E-state index contributed by atoms with van der Waals surface area (Å²) in [5, 5.41) is 0. The number of ether oxygens (including phenoxy) is 1. The van der Waals surface area contributed by atoms with E-state index in [1.807, 2.05) is 0 Å². The molecule has 0 aliphatic carbocycles. The average Bonchev–Trinajstić information content (AvgIpc) is 2.55. The fraction of sp³-hybridized carbons (Fsp3) is 0.952. The van der Waals surface area contributed by atoms with Gasteiger partial charge in [-0.25, -0.2) is 0 Å². The number of carbonyl (C=O) groups is 1. The number of methoxy groups -OCH3 is 1. The summed E-state index contributed by atoms with van der Waals surface area (Å²) < 4.78 is 4.71. The van der Waals surface area contributed by atoms with Crippen molar-refractivity contribution in [2.24, 2.45) is 5.92 Å². The first-order valence-corrected chi connectivity index (χ1v) is 10.3. The van der Waals surface area contributed by atoms with Crippen LogP contribution in [0.5, 0.6) is 0 Å². The molecule has 0 aromatic heterocycles. The highest BCUT2D eigenvalue weighted by molar-refractivity contribution is 5.69. The molecule has 2 heteroatoms. The molecule has 138 valence electrons. The van der Waals surface area contributed by atoms with E-state index in [-0.39, 0.29) is 5.97 Å². The van der Waals surface area contributed by atoms with Crippen LogP contribution in [-0.4, -0.2) is 13.1 Å². The summed E-state index contributed by atoms with van der Waals surface area (Å²) in [7, 11) is 1.47. The first kappa shape index (κ1) is 22.5. The highest BCUT2D eigenvalue weighted by atomic mass is 16.5. The smallest absolute Gasteiger partial charge is 0.305 e. The van der Waals surface area contributed by atoms with Crippen LogP contribution in [0.4, 0.5) is 0 Å². The lowest BCUT2D eigenvalue weighted by Crippen LogP contribution is -2.06. The van der Waals surface area contributed by atoms with E-state index in [9.17, 15) is 4.79 Å². The van der Waals surface area contributed by atoms with Crippen molar-refractivity contribution in [3.05, 3.63) is 0 Å². The molecule has 0 saturated heterocycles. The zero-order valence-corrected chi connectivity index (χ0v) is 16.2. The van der Waals surface area contributed by atoms with E-state index >= 15 is 0 Å². The second-order valence-electron chi connectivity index (χ2n) is 7.27. The Morgan fingerprint density at radius 2 is 1.13 bits per heavy atom. The van der Waals surface area contributed by atoms with Crippen molar-refractivity contribution in [3.8, 4) is 0 Å². The fourth-order valence-electron chi connectivity index (χ4n) is 3.16. The molecule has 0 N–H and O–H groups in total. The van der Waals surface area contributed by atoms with Crippen LogP contribution in [0.1, 0.15) is 117 Å². The van der Waals surface area contributed by atoms with Crippen LogP contribution in [0.2, 0.25) is 0 Å². The number of hydrogen-bond donors (Lipinski definition) is 0. The molecular formula is C21H42O2. The molecular weight excluding hydrogens is 284 g/mol. The van der Waals surface area contributed by atoms with E-state index in [1.54, 1.807) is 0 Å². The zero-order valence-electron chi connectivity index (χ0n) is 16.2. The van der Waals surface area contributed by atoms with Crippen molar-refractivity contribution >= 4 is 5.97 Å². The third-order valence-corrected chi connectivity index (χ3v) is 4.79. The summed E-state index contributed by atoms with van der Waals surface area (Å²) in [6.45, 7) is 4.43. The molecule has 1 unspecified atom stereocenters. The van der Waals surface area contributed by atoms with Gasteiger partial charge in [0.05, 0.1) is 7.11 Å². The minimum Gasteiger partial charge on any atom is -0.469 e. The summed E-state index contributed by atoms with van der Waals surface area (Å²) in [6.07, 6.45) is 21.3. The molecule has 0 aromatic rings. The van der Waals surface area contributed by atoms with Gasteiger partial charge >= 0.3 is 5.97 Å². The van der Waals surface area contributed by atoms with E-state index < -0.39 is 0 Å². The summed E-state index contributed by atoms with van der Waals surface area (Å²) in [5.74, 6) is 0.405. The number of esters is 1. The minimum atomic E-state index is -0.0668. The molecule has 0 radical (unpaired) electrons. The molecule has 2 nitrogen and oxygen atoms in total. The predicted octanol–water partition coefficient (Wildman–Crippen LogP) is 7.06. The van der Waals surface area contributed by atoms with Crippen molar-refractivity contribution in [3.63, 3.8) is 0 Å². The van der Waals surface area contributed by atoms with Gasteiger partial charge in [0, 0.05) is 6.42 Å². The van der Waals surface area contributed by atoms with E-state index in [4.69, 9.17) is 4.74 Å². The van der Waals surface area contributed by atoms with Crippen molar-refractivity contribution in [1.29, 1.82) is 0 Å². The van der Waals surface area contributed by atoms with E-state index in [0.29, 0.717) is 12.3 Å². The van der Waals surface area contributed by atoms with E-state index in [2.05, 4.69) is 13.8 Å². The first-order valence-electron chi connectivity index (χ1n) is 10.3.